The molecular formula is C18H30N4O2. The predicted octanol–water partition coefficient (Wildman–Crippen LogP) is 2.57. The van der Waals surface area contributed by atoms with Crippen LogP contribution in [-0.2, 0) is 11.3 Å². The molecule has 24 heavy (non-hydrogen) atoms. The molecule has 3 N–H and O–H groups in total. The maximum absolute atomic E-state index is 11.5. The van der Waals surface area contributed by atoms with Gasteiger partial charge in [0.25, 0.3) is 0 Å². The van der Waals surface area contributed by atoms with Crippen molar-refractivity contribution < 1.29 is 9.53 Å². The quantitative estimate of drug-likeness (QED) is 0.425. The number of amides is 1. The molecule has 134 valence electrons. The molecule has 0 heterocycles. The largest absolute Gasteiger partial charge is 0.444 e. The van der Waals surface area contributed by atoms with Gasteiger partial charge in [0.15, 0.2) is 5.96 Å². The summed E-state index contributed by atoms with van der Waals surface area (Å²) in [6.07, 6.45) is 0.397. The van der Waals surface area contributed by atoms with Crippen LogP contribution in [0, 0.1) is 6.92 Å². The van der Waals surface area contributed by atoms with Crippen molar-refractivity contribution in [1.82, 2.24) is 16.0 Å². The van der Waals surface area contributed by atoms with Crippen molar-refractivity contribution in [2.45, 2.75) is 46.3 Å². The van der Waals surface area contributed by atoms with Gasteiger partial charge in [-0.05, 0) is 45.2 Å². The van der Waals surface area contributed by atoms with E-state index < -0.39 is 5.60 Å². The normalized spacial score (nSPS) is 11.8. The van der Waals surface area contributed by atoms with Crippen molar-refractivity contribution >= 4 is 12.1 Å². The molecule has 0 bridgehead atoms. The SMILES string of the molecule is CN=C(NCCCNC(=O)OC(C)(C)C)NCc1ccccc1C. The molecule has 0 aliphatic carbocycles. The number of benzene rings is 1. The third-order valence-corrected chi connectivity index (χ3v) is 3.25. The standard InChI is InChI=1S/C18H30N4O2/c1-14-9-6-7-10-15(14)13-22-16(19-5)20-11-8-12-21-17(23)24-18(2,3)4/h6-7,9-10H,8,11-13H2,1-5H3,(H,21,23)(H2,19,20,22). The molecule has 0 unspecified atom stereocenters. The van der Waals surface area contributed by atoms with Gasteiger partial charge in [-0.2, -0.15) is 0 Å². The van der Waals surface area contributed by atoms with Crippen molar-refractivity contribution in [3.05, 3.63) is 35.4 Å². The monoisotopic (exact) mass is 334 g/mol. The molecule has 1 rings (SSSR count). The second-order valence-corrected chi connectivity index (χ2v) is 6.56. The molecule has 0 aromatic heterocycles. The Bertz CT molecular complexity index is 550. The number of ether oxygens (including phenoxy) is 1. The first kappa shape index (κ1) is 19.8. The molecule has 0 atom stereocenters. The van der Waals surface area contributed by atoms with E-state index in [-0.39, 0.29) is 6.09 Å². The fourth-order valence-corrected chi connectivity index (χ4v) is 2.01. The highest BCUT2D eigenvalue weighted by molar-refractivity contribution is 5.79. The Labute approximate surface area is 145 Å². The number of guanidine groups is 1. The molecule has 0 fully saturated rings. The third-order valence-electron chi connectivity index (χ3n) is 3.25. The number of alkyl carbamates (subject to hydrolysis) is 1. The summed E-state index contributed by atoms with van der Waals surface area (Å²) in [4.78, 5) is 15.7. The van der Waals surface area contributed by atoms with Crippen LogP contribution >= 0.6 is 0 Å². The Kier molecular flexibility index (Phi) is 8.09. The molecule has 0 saturated heterocycles. The number of carbonyl (C=O) groups is 1. The van der Waals surface area contributed by atoms with E-state index in [4.69, 9.17) is 4.74 Å². The van der Waals surface area contributed by atoms with Crippen LogP contribution in [0.4, 0.5) is 4.79 Å². The molecule has 1 aromatic carbocycles. The van der Waals surface area contributed by atoms with E-state index >= 15 is 0 Å². The van der Waals surface area contributed by atoms with Gasteiger partial charge >= 0.3 is 6.09 Å². The number of aryl methyl sites for hydroxylation is 1. The van der Waals surface area contributed by atoms with Crippen LogP contribution < -0.4 is 16.0 Å². The van der Waals surface area contributed by atoms with E-state index in [9.17, 15) is 4.79 Å². The van der Waals surface area contributed by atoms with Crippen molar-refractivity contribution in [2.24, 2.45) is 4.99 Å². The van der Waals surface area contributed by atoms with Crippen LogP contribution in [0.3, 0.4) is 0 Å². The summed E-state index contributed by atoms with van der Waals surface area (Å²) in [5, 5.41) is 9.25. The van der Waals surface area contributed by atoms with Crippen LogP contribution in [-0.4, -0.2) is 37.8 Å². The lowest BCUT2D eigenvalue weighted by Gasteiger charge is -2.19. The van der Waals surface area contributed by atoms with Crippen LogP contribution in [0.1, 0.15) is 38.3 Å². The molecule has 6 heteroatoms. The second-order valence-electron chi connectivity index (χ2n) is 6.56. The number of rotatable bonds is 6. The molecule has 0 spiro atoms. The first-order valence-electron chi connectivity index (χ1n) is 8.27. The molecular weight excluding hydrogens is 304 g/mol. The lowest BCUT2D eigenvalue weighted by Crippen LogP contribution is -2.39. The second kappa shape index (κ2) is 9.80. The van der Waals surface area contributed by atoms with E-state index in [0.717, 1.165) is 18.9 Å². The topological polar surface area (TPSA) is 74.8 Å². The Morgan fingerprint density at radius 2 is 1.79 bits per heavy atom. The minimum Gasteiger partial charge on any atom is -0.444 e. The molecule has 1 aromatic rings. The Balaban J connectivity index is 2.21. The zero-order valence-corrected chi connectivity index (χ0v) is 15.4. The van der Waals surface area contributed by atoms with E-state index in [1.165, 1.54) is 11.1 Å². The van der Waals surface area contributed by atoms with Crippen molar-refractivity contribution in [3.8, 4) is 0 Å². The first-order valence-corrected chi connectivity index (χ1v) is 8.27. The summed E-state index contributed by atoms with van der Waals surface area (Å²) in [6, 6.07) is 8.25. The van der Waals surface area contributed by atoms with E-state index in [2.05, 4.69) is 40.0 Å². The van der Waals surface area contributed by atoms with Gasteiger partial charge in [-0.3, -0.25) is 4.99 Å². The molecule has 1 amide bonds. The third kappa shape index (κ3) is 8.41. The van der Waals surface area contributed by atoms with E-state index in [0.29, 0.717) is 13.1 Å². The van der Waals surface area contributed by atoms with Crippen molar-refractivity contribution in [2.75, 3.05) is 20.1 Å². The van der Waals surface area contributed by atoms with Crippen molar-refractivity contribution in [3.63, 3.8) is 0 Å². The first-order chi connectivity index (χ1) is 11.3. The maximum Gasteiger partial charge on any atom is 0.407 e. The average Bonchev–Trinajstić information content (AvgIpc) is 2.49. The summed E-state index contributed by atoms with van der Waals surface area (Å²) in [5.41, 5.74) is 2.03. The summed E-state index contributed by atoms with van der Waals surface area (Å²) >= 11 is 0. The van der Waals surface area contributed by atoms with Gasteiger partial charge in [-0.25, -0.2) is 4.79 Å². The zero-order chi connectivity index (χ0) is 18.0. The fourth-order valence-electron chi connectivity index (χ4n) is 2.01. The number of carbonyl (C=O) groups excluding carboxylic acids is 1. The van der Waals surface area contributed by atoms with Gasteiger partial charge in [0.1, 0.15) is 5.60 Å². The van der Waals surface area contributed by atoms with Crippen molar-refractivity contribution in [1.29, 1.82) is 0 Å². The fraction of sp³-hybridized carbons (Fsp3) is 0.556. The molecule has 0 saturated carbocycles. The van der Waals surface area contributed by atoms with Gasteiger partial charge in [-0.1, -0.05) is 24.3 Å². The van der Waals surface area contributed by atoms with E-state index in [1.807, 2.05) is 32.9 Å². The van der Waals surface area contributed by atoms with Crippen LogP contribution in [0.25, 0.3) is 0 Å². The minimum absolute atomic E-state index is 0.385. The number of aliphatic imine (C=N–C) groups is 1. The Morgan fingerprint density at radius 3 is 2.42 bits per heavy atom. The van der Waals surface area contributed by atoms with Gasteiger partial charge in [-0.15, -0.1) is 0 Å². The summed E-state index contributed by atoms with van der Waals surface area (Å²) in [5.74, 6) is 0.746. The number of hydrogen-bond donors (Lipinski definition) is 3. The van der Waals surface area contributed by atoms with Crippen LogP contribution in [0.15, 0.2) is 29.3 Å². The number of hydrogen-bond acceptors (Lipinski definition) is 3. The van der Waals surface area contributed by atoms with E-state index in [1.54, 1.807) is 7.05 Å². The number of nitrogens with zero attached hydrogens (tertiary/aromatic N) is 1. The highest BCUT2D eigenvalue weighted by Crippen LogP contribution is 2.06. The predicted molar refractivity (Wildman–Crippen MR) is 98.2 cm³/mol. The van der Waals surface area contributed by atoms with Gasteiger partial charge < -0.3 is 20.7 Å². The Hall–Kier alpha value is -2.24. The smallest absolute Gasteiger partial charge is 0.407 e. The molecule has 0 radical (unpaired) electrons. The highest BCUT2D eigenvalue weighted by atomic mass is 16.6. The molecule has 6 nitrogen and oxygen atoms in total. The maximum atomic E-state index is 11.5. The summed E-state index contributed by atoms with van der Waals surface area (Å²) in [7, 11) is 1.74. The zero-order valence-electron chi connectivity index (χ0n) is 15.4. The summed E-state index contributed by atoms with van der Waals surface area (Å²) in [6.45, 7) is 9.62. The molecule has 0 aliphatic rings. The lowest BCUT2D eigenvalue weighted by atomic mass is 10.1. The minimum atomic E-state index is -0.468. The average molecular weight is 334 g/mol. The lowest BCUT2D eigenvalue weighted by molar-refractivity contribution is 0.0527. The van der Waals surface area contributed by atoms with Gasteiger partial charge in [0.2, 0.25) is 0 Å². The molecule has 0 aliphatic heterocycles. The van der Waals surface area contributed by atoms with Crippen LogP contribution in [0.5, 0.6) is 0 Å². The van der Waals surface area contributed by atoms with Gasteiger partial charge in [0, 0.05) is 26.7 Å². The number of nitrogens with one attached hydrogen (secondary N) is 3. The Morgan fingerprint density at radius 1 is 1.12 bits per heavy atom. The summed E-state index contributed by atoms with van der Waals surface area (Å²) < 4.78 is 5.18. The highest BCUT2D eigenvalue weighted by Gasteiger charge is 2.15. The van der Waals surface area contributed by atoms with Gasteiger partial charge in [0.05, 0.1) is 0 Å². The van der Waals surface area contributed by atoms with Crippen LogP contribution in [0.2, 0.25) is 0 Å².